The van der Waals surface area contributed by atoms with Gasteiger partial charge in [0.1, 0.15) is 5.41 Å². The first-order valence-electron chi connectivity index (χ1n) is 8.18. The Morgan fingerprint density at radius 2 is 2.27 bits per heavy atom. The van der Waals surface area contributed by atoms with Crippen LogP contribution < -0.4 is 0 Å². The number of esters is 1. The lowest BCUT2D eigenvalue weighted by atomic mass is 9.63. The molecule has 2 aliphatic rings. The second-order valence-corrected chi connectivity index (χ2v) is 6.16. The number of ether oxygens (including phenoxy) is 1. The van der Waals surface area contributed by atoms with Crippen LogP contribution in [0, 0.1) is 12.0 Å². The molecule has 0 aromatic carbocycles. The van der Waals surface area contributed by atoms with Crippen molar-refractivity contribution in [2.75, 3.05) is 6.61 Å². The number of rotatable bonds is 5. The van der Waals surface area contributed by atoms with Gasteiger partial charge in [-0.2, -0.15) is 0 Å². The highest BCUT2D eigenvalue weighted by atomic mass is 16.5. The zero-order valence-electron chi connectivity index (χ0n) is 13.4. The van der Waals surface area contributed by atoms with Crippen LogP contribution in [0.25, 0.3) is 4.85 Å². The molecular weight excluding hydrogens is 274 g/mol. The van der Waals surface area contributed by atoms with Gasteiger partial charge in [0.05, 0.1) is 6.61 Å². The van der Waals surface area contributed by atoms with E-state index in [9.17, 15) is 4.79 Å². The topological polar surface area (TPSA) is 30.7 Å². The van der Waals surface area contributed by atoms with Crippen molar-refractivity contribution in [2.45, 2.75) is 57.4 Å². The Bertz CT molecular complexity index is 540. The van der Waals surface area contributed by atoms with E-state index in [0.29, 0.717) is 19.4 Å². The van der Waals surface area contributed by atoms with Crippen LogP contribution in [0.2, 0.25) is 0 Å². The van der Waals surface area contributed by atoms with Gasteiger partial charge >= 0.3 is 5.97 Å². The number of carbonyl (C=O) groups excluding carboxylic acids is 1. The fraction of sp³-hybridized carbons (Fsp3) is 0.579. The van der Waals surface area contributed by atoms with Crippen LogP contribution >= 0.6 is 0 Å². The Balaban J connectivity index is 2.51. The van der Waals surface area contributed by atoms with E-state index in [1.807, 2.05) is 13.0 Å². The first-order valence-corrected chi connectivity index (χ1v) is 8.18. The molecule has 0 aromatic rings. The summed E-state index contributed by atoms with van der Waals surface area (Å²) in [6.45, 7) is 13.8. The minimum atomic E-state index is -0.632. The minimum Gasteiger partial charge on any atom is -0.465 e. The number of carbonyl (C=O) groups is 1. The highest BCUT2D eigenvalue weighted by Gasteiger charge is 2.56. The molecular formula is C19H25NO2. The molecule has 3 heteroatoms. The van der Waals surface area contributed by atoms with Crippen LogP contribution in [-0.4, -0.2) is 18.1 Å². The van der Waals surface area contributed by atoms with Crippen molar-refractivity contribution in [2.24, 2.45) is 5.41 Å². The van der Waals surface area contributed by atoms with Crippen LogP contribution in [0.3, 0.4) is 0 Å². The second kappa shape index (κ2) is 6.96. The van der Waals surface area contributed by atoms with Gasteiger partial charge < -0.3 is 9.58 Å². The number of nitrogens with zero attached hydrogens (tertiary/aromatic N) is 1. The van der Waals surface area contributed by atoms with Gasteiger partial charge in [-0.05, 0) is 39.0 Å². The highest BCUT2D eigenvalue weighted by molar-refractivity contribution is 5.82. The molecule has 0 fully saturated rings. The maximum Gasteiger partial charge on any atom is 0.316 e. The van der Waals surface area contributed by atoms with Crippen molar-refractivity contribution in [3.05, 3.63) is 47.9 Å². The lowest BCUT2D eigenvalue weighted by molar-refractivity contribution is -0.154. The summed E-state index contributed by atoms with van der Waals surface area (Å²) in [5.41, 5.74) is -0.243. The molecule has 0 amide bonds. The SMILES string of the molecule is [C-]#[N+]C1(CCC=C)CC=CCC2(C(=O)OCC)CCCC=C12. The van der Waals surface area contributed by atoms with Crippen molar-refractivity contribution in [1.29, 1.82) is 0 Å². The van der Waals surface area contributed by atoms with Crippen LogP contribution in [0.15, 0.2) is 36.5 Å². The molecule has 22 heavy (non-hydrogen) atoms. The molecule has 0 aliphatic heterocycles. The van der Waals surface area contributed by atoms with Gasteiger partial charge in [0.2, 0.25) is 0 Å². The van der Waals surface area contributed by atoms with E-state index < -0.39 is 11.0 Å². The third kappa shape index (κ3) is 2.75. The molecule has 2 atom stereocenters. The van der Waals surface area contributed by atoms with Crippen molar-refractivity contribution in [3.8, 4) is 0 Å². The summed E-state index contributed by atoms with van der Waals surface area (Å²) in [6, 6.07) is 0. The third-order valence-corrected chi connectivity index (χ3v) is 4.90. The predicted molar refractivity (Wildman–Crippen MR) is 88.1 cm³/mol. The first kappa shape index (κ1) is 16.5. The van der Waals surface area contributed by atoms with E-state index in [2.05, 4.69) is 29.7 Å². The van der Waals surface area contributed by atoms with Crippen molar-refractivity contribution in [1.82, 2.24) is 0 Å². The molecule has 2 unspecified atom stereocenters. The molecule has 0 saturated carbocycles. The zero-order chi connectivity index (χ0) is 16.1. The molecule has 3 nitrogen and oxygen atoms in total. The lowest BCUT2D eigenvalue weighted by Crippen LogP contribution is -2.44. The van der Waals surface area contributed by atoms with E-state index in [4.69, 9.17) is 11.3 Å². The fourth-order valence-corrected chi connectivity index (χ4v) is 3.80. The summed E-state index contributed by atoms with van der Waals surface area (Å²) in [6.07, 6.45) is 13.7. The van der Waals surface area contributed by atoms with E-state index in [1.165, 1.54) is 0 Å². The van der Waals surface area contributed by atoms with Crippen LogP contribution in [0.1, 0.15) is 51.9 Å². The summed E-state index contributed by atoms with van der Waals surface area (Å²) in [4.78, 5) is 16.8. The molecule has 0 spiro atoms. The number of fused-ring (bicyclic) bond motifs is 1. The summed E-state index contributed by atoms with van der Waals surface area (Å²) in [7, 11) is 0. The molecule has 0 N–H and O–H groups in total. The maximum atomic E-state index is 12.8. The van der Waals surface area contributed by atoms with E-state index in [-0.39, 0.29) is 5.97 Å². The minimum absolute atomic E-state index is 0.154. The van der Waals surface area contributed by atoms with E-state index in [0.717, 1.165) is 37.7 Å². The van der Waals surface area contributed by atoms with Gasteiger partial charge in [0.25, 0.3) is 5.54 Å². The highest BCUT2D eigenvalue weighted by Crippen LogP contribution is 2.52. The molecule has 0 heterocycles. The second-order valence-electron chi connectivity index (χ2n) is 6.16. The maximum absolute atomic E-state index is 12.8. The van der Waals surface area contributed by atoms with Gasteiger partial charge in [-0.15, -0.1) is 6.58 Å². The fourth-order valence-electron chi connectivity index (χ4n) is 3.80. The molecule has 2 aliphatic carbocycles. The monoisotopic (exact) mass is 299 g/mol. The van der Waals surface area contributed by atoms with Gasteiger partial charge in [-0.25, -0.2) is 6.57 Å². The van der Waals surface area contributed by atoms with Crippen LogP contribution in [-0.2, 0) is 9.53 Å². The number of hydrogen-bond acceptors (Lipinski definition) is 2. The van der Waals surface area contributed by atoms with Gasteiger partial charge in [0.15, 0.2) is 0 Å². The van der Waals surface area contributed by atoms with Gasteiger partial charge in [-0.1, -0.05) is 24.3 Å². The Kier molecular flexibility index (Phi) is 5.24. The third-order valence-electron chi connectivity index (χ3n) is 4.90. The Morgan fingerprint density at radius 1 is 1.50 bits per heavy atom. The largest absolute Gasteiger partial charge is 0.465 e. The van der Waals surface area contributed by atoms with Gasteiger partial charge in [0, 0.05) is 18.4 Å². The standard InChI is InChI=1S/C19H25NO2/c1-4-6-14-19(20-3)15-10-9-13-18(17(21)22-5-2)12-8-7-11-16(18)19/h4,9-11H,1,5-8,12-15H2,2H3. The van der Waals surface area contributed by atoms with Crippen LogP contribution in [0.4, 0.5) is 0 Å². The summed E-state index contributed by atoms with van der Waals surface area (Å²) in [5.74, 6) is -0.154. The normalized spacial score (nSPS) is 30.5. The smallest absolute Gasteiger partial charge is 0.316 e. The number of hydrogen-bond donors (Lipinski definition) is 0. The number of allylic oxidation sites excluding steroid dienone is 3. The average molecular weight is 299 g/mol. The van der Waals surface area contributed by atoms with Crippen molar-refractivity contribution >= 4 is 5.97 Å². The van der Waals surface area contributed by atoms with E-state index in [1.54, 1.807) is 0 Å². The molecule has 0 aromatic heterocycles. The molecule has 0 saturated heterocycles. The molecule has 118 valence electrons. The molecule has 0 radical (unpaired) electrons. The summed E-state index contributed by atoms with van der Waals surface area (Å²) >= 11 is 0. The summed E-state index contributed by atoms with van der Waals surface area (Å²) in [5, 5.41) is 0. The Morgan fingerprint density at radius 3 is 2.95 bits per heavy atom. The Hall–Kier alpha value is -1.82. The van der Waals surface area contributed by atoms with Gasteiger partial charge in [-0.3, -0.25) is 4.79 Å². The van der Waals surface area contributed by atoms with Crippen molar-refractivity contribution < 1.29 is 9.53 Å². The van der Waals surface area contributed by atoms with Crippen molar-refractivity contribution in [3.63, 3.8) is 0 Å². The molecule has 0 bridgehead atoms. The van der Waals surface area contributed by atoms with E-state index >= 15 is 0 Å². The average Bonchev–Trinajstić information content (AvgIpc) is 2.72. The molecule has 2 rings (SSSR count). The lowest BCUT2D eigenvalue weighted by Gasteiger charge is -2.39. The first-order chi connectivity index (χ1) is 10.6. The zero-order valence-corrected chi connectivity index (χ0v) is 13.4. The van der Waals surface area contributed by atoms with Crippen LogP contribution in [0.5, 0.6) is 0 Å². The summed E-state index contributed by atoms with van der Waals surface area (Å²) < 4.78 is 5.40. The predicted octanol–water partition coefficient (Wildman–Crippen LogP) is 4.62. The Labute approximate surface area is 133 Å². The quantitative estimate of drug-likeness (QED) is 0.421.